The minimum Gasteiger partial charge on any atom is -0.481 e. The first-order valence-corrected chi connectivity index (χ1v) is 7.81. The molecule has 0 aliphatic heterocycles. The van der Waals surface area contributed by atoms with Gasteiger partial charge in [0.25, 0.3) is 0 Å². The Hall–Kier alpha value is -1.56. The molecule has 19 heavy (non-hydrogen) atoms. The summed E-state index contributed by atoms with van der Waals surface area (Å²) in [5.74, 6) is -1.13. The lowest BCUT2D eigenvalue weighted by atomic mass is 10.1. The number of anilines is 1. The molecule has 2 N–H and O–H groups in total. The molecule has 0 spiro atoms. The van der Waals surface area contributed by atoms with Crippen LogP contribution in [0.15, 0.2) is 29.2 Å². The smallest absolute Gasteiger partial charge is 0.306 e. The average molecular weight is 285 g/mol. The summed E-state index contributed by atoms with van der Waals surface area (Å²) < 4.78 is 23.2. The molecule has 0 fully saturated rings. The third-order valence-electron chi connectivity index (χ3n) is 2.92. The molecule has 0 aliphatic carbocycles. The van der Waals surface area contributed by atoms with Crippen LogP contribution in [-0.4, -0.2) is 31.8 Å². The zero-order chi connectivity index (χ0) is 14.5. The zero-order valence-electron chi connectivity index (χ0n) is 11.1. The highest BCUT2D eigenvalue weighted by Crippen LogP contribution is 2.15. The third-order valence-corrected chi connectivity index (χ3v) is 4.67. The lowest BCUT2D eigenvalue weighted by Gasteiger charge is -2.09. The molecule has 0 saturated carbocycles. The average Bonchev–Trinajstić information content (AvgIpc) is 2.39. The zero-order valence-corrected chi connectivity index (χ0v) is 11.9. The number of rotatable bonds is 7. The number of aliphatic carboxylic acids is 1. The van der Waals surface area contributed by atoms with Crippen molar-refractivity contribution in [3.05, 3.63) is 24.3 Å². The molecule has 0 bridgehead atoms. The molecular formula is C13H19NO4S. The molecule has 1 aromatic rings. The standard InChI is InChI=1S/C13H19NO4S/c1-3-19(17,18)12-6-4-11(5-7-12)14-9-8-10(2)13(15)16/h4-7,10,14H,3,8-9H2,1-2H3,(H,15,16). The van der Waals surface area contributed by atoms with Crippen LogP contribution in [-0.2, 0) is 14.6 Å². The Labute approximate surface area is 113 Å². The van der Waals surface area contributed by atoms with Crippen LogP contribution in [0.2, 0.25) is 0 Å². The number of carboxylic acid groups (broad SMARTS) is 1. The van der Waals surface area contributed by atoms with Gasteiger partial charge in [0.1, 0.15) is 0 Å². The van der Waals surface area contributed by atoms with E-state index in [0.29, 0.717) is 17.9 Å². The van der Waals surface area contributed by atoms with Gasteiger partial charge in [0.2, 0.25) is 0 Å². The van der Waals surface area contributed by atoms with Gasteiger partial charge >= 0.3 is 5.97 Å². The van der Waals surface area contributed by atoms with Crippen molar-refractivity contribution in [3.8, 4) is 0 Å². The van der Waals surface area contributed by atoms with Crippen LogP contribution < -0.4 is 5.32 Å². The van der Waals surface area contributed by atoms with E-state index < -0.39 is 21.7 Å². The lowest BCUT2D eigenvalue weighted by Crippen LogP contribution is -2.14. The van der Waals surface area contributed by atoms with Crippen molar-refractivity contribution in [2.75, 3.05) is 17.6 Å². The normalized spacial score (nSPS) is 12.9. The van der Waals surface area contributed by atoms with Gasteiger partial charge in [-0.1, -0.05) is 13.8 Å². The van der Waals surface area contributed by atoms with Crippen LogP contribution in [0.4, 0.5) is 5.69 Å². The van der Waals surface area contributed by atoms with E-state index in [-0.39, 0.29) is 5.75 Å². The van der Waals surface area contributed by atoms with Crippen LogP contribution in [0.1, 0.15) is 20.3 Å². The largest absolute Gasteiger partial charge is 0.481 e. The Morgan fingerprint density at radius 3 is 2.37 bits per heavy atom. The fraction of sp³-hybridized carbons (Fsp3) is 0.462. The maximum absolute atomic E-state index is 11.6. The van der Waals surface area contributed by atoms with Gasteiger partial charge in [-0.25, -0.2) is 8.42 Å². The Morgan fingerprint density at radius 1 is 1.32 bits per heavy atom. The van der Waals surface area contributed by atoms with E-state index in [0.717, 1.165) is 5.69 Å². The molecular weight excluding hydrogens is 266 g/mol. The topological polar surface area (TPSA) is 83.5 Å². The van der Waals surface area contributed by atoms with Gasteiger partial charge in [-0.15, -0.1) is 0 Å². The Morgan fingerprint density at radius 2 is 1.89 bits per heavy atom. The summed E-state index contributed by atoms with van der Waals surface area (Å²) in [6, 6.07) is 6.49. The van der Waals surface area contributed by atoms with Crippen molar-refractivity contribution < 1.29 is 18.3 Å². The number of nitrogens with one attached hydrogen (secondary N) is 1. The first-order valence-electron chi connectivity index (χ1n) is 6.16. The highest BCUT2D eigenvalue weighted by molar-refractivity contribution is 7.91. The highest BCUT2D eigenvalue weighted by Gasteiger charge is 2.11. The van der Waals surface area contributed by atoms with Gasteiger partial charge in [0.05, 0.1) is 16.6 Å². The maximum Gasteiger partial charge on any atom is 0.306 e. The molecule has 0 aliphatic rings. The van der Waals surface area contributed by atoms with Crippen LogP contribution in [0, 0.1) is 5.92 Å². The van der Waals surface area contributed by atoms with Crippen LogP contribution in [0.5, 0.6) is 0 Å². The molecule has 0 radical (unpaired) electrons. The minimum atomic E-state index is -3.17. The second-order valence-corrected chi connectivity index (χ2v) is 6.66. The van der Waals surface area contributed by atoms with Crippen molar-refractivity contribution in [1.82, 2.24) is 0 Å². The summed E-state index contributed by atoms with van der Waals surface area (Å²) in [5.41, 5.74) is 0.785. The van der Waals surface area contributed by atoms with Gasteiger partial charge < -0.3 is 10.4 Å². The maximum atomic E-state index is 11.6. The van der Waals surface area contributed by atoms with Crippen molar-refractivity contribution >= 4 is 21.5 Å². The van der Waals surface area contributed by atoms with Gasteiger partial charge in [-0.3, -0.25) is 4.79 Å². The minimum absolute atomic E-state index is 0.0793. The van der Waals surface area contributed by atoms with Crippen molar-refractivity contribution in [3.63, 3.8) is 0 Å². The first kappa shape index (κ1) is 15.5. The number of carbonyl (C=O) groups is 1. The fourth-order valence-corrected chi connectivity index (χ4v) is 2.39. The van der Waals surface area contributed by atoms with Gasteiger partial charge in [0, 0.05) is 12.2 Å². The molecule has 1 rings (SSSR count). The van der Waals surface area contributed by atoms with Crippen LogP contribution >= 0.6 is 0 Å². The number of hydrogen-bond donors (Lipinski definition) is 2. The van der Waals surface area contributed by atoms with Gasteiger partial charge in [-0.2, -0.15) is 0 Å². The number of benzene rings is 1. The Balaban J connectivity index is 2.56. The number of hydrogen-bond acceptors (Lipinski definition) is 4. The fourth-order valence-electron chi connectivity index (χ4n) is 1.50. The highest BCUT2D eigenvalue weighted by atomic mass is 32.2. The van der Waals surface area contributed by atoms with E-state index in [1.807, 2.05) is 0 Å². The second kappa shape index (κ2) is 6.56. The molecule has 1 atom stereocenters. The molecule has 5 nitrogen and oxygen atoms in total. The summed E-state index contributed by atoms with van der Waals surface area (Å²) in [7, 11) is -3.17. The first-order chi connectivity index (χ1) is 8.86. The number of sulfone groups is 1. The van der Waals surface area contributed by atoms with E-state index in [9.17, 15) is 13.2 Å². The molecule has 0 saturated heterocycles. The lowest BCUT2D eigenvalue weighted by molar-refractivity contribution is -0.141. The molecule has 0 aromatic heterocycles. The Kier molecular flexibility index (Phi) is 5.35. The Bertz CT molecular complexity index is 522. The molecule has 0 heterocycles. The van der Waals surface area contributed by atoms with E-state index in [2.05, 4.69) is 5.32 Å². The van der Waals surface area contributed by atoms with E-state index >= 15 is 0 Å². The molecule has 0 amide bonds. The molecule has 1 unspecified atom stereocenters. The number of carboxylic acids is 1. The van der Waals surface area contributed by atoms with Crippen molar-refractivity contribution in [1.29, 1.82) is 0 Å². The summed E-state index contributed by atoms with van der Waals surface area (Å²) in [6.45, 7) is 3.79. The summed E-state index contributed by atoms with van der Waals surface area (Å²) >= 11 is 0. The van der Waals surface area contributed by atoms with Crippen LogP contribution in [0.25, 0.3) is 0 Å². The summed E-state index contributed by atoms with van der Waals surface area (Å²) in [6.07, 6.45) is 0.518. The monoisotopic (exact) mass is 285 g/mol. The molecule has 6 heteroatoms. The van der Waals surface area contributed by atoms with Crippen molar-refractivity contribution in [2.24, 2.45) is 5.92 Å². The van der Waals surface area contributed by atoms with Crippen LogP contribution in [0.3, 0.4) is 0 Å². The summed E-state index contributed by atoms with van der Waals surface area (Å²) in [5, 5.41) is 11.8. The molecule has 1 aromatic carbocycles. The van der Waals surface area contributed by atoms with E-state index in [1.54, 1.807) is 38.1 Å². The van der Waals surface area contributed by atoms with Crippen molar-refractivity contribution in [2.45, 2.75) is 25.2 Å². The SMILES string of the molecule is CCS(=O)(=O)c1ccc(NCCC(C)C(=O)O)cc1. The predicted octanol–water partition coefficient (Wildman–Crippen LogP) is 2.00. The summed E-state index contributed by atoms with van der Waals surface area (Å²) in [4.78, 5) is 10.9. The predicted molar refractivity (Wildman–Crippen MR) is 74.1 cm³/mol. The quantitative estimate of drug-likeness (QED) is 0.800. The van der Waals surface area contributed by atoms with E-state index in [1.165, 1.54) is 0 Å². The van der Waals surface area contributed by atoms with Gasteiger partial charge in [0.15, 0.2) is 9.84 Å². The van der Waals surface area contributed by atoms with Gasteiger partial charge in [-0.05, 0) is 30.7 Å². The third kappa shape index (κ3) is 4.55. The molecule has 106 valence electrons. The van der Waals surface area contributed by atoms with E-state index in [4.69, 9.17) is 5.11 Å². The second-order valence-electron chi connectivity index (χ2n) is 4.38.